The molecule has 0 radical (unpaired) electrons. The quantitative estimate of drug-likeness (QED) is 0.211. The number of para-hydroxylation sites is 1. The lowest BCUT2D eigenvalue weighted by Gasteiger charge is -2.13. The van der Waals surface area contributed by atoms with E-state index < -0.39 is 0 Å². The summed E-state index contributed by atoms with van der Waals surface area (Å²) in [5, 5.41) is 3.29. The van der Waals surface area contributed by atoms with Crippen LogP contribution in [-0.2, 0) is 6.54 Å². The van der Waals surface area contributed by atoms with Crippen molar-refractivity contribution in [3.05, 3.63) is 138 Å². The molecule has 0 aliphatic rings. The molecule has 0 aliphatic heterocycles. The van der Waals surface area contributed by atoms with Gasteiger partial charge in [-0.3, -0.25) is 4.79 Å². The number of benzene rings is 4. The first kappa shape index (κ1) is 21.1. The van der Waals surface area contributed by atoms with Gasteiger partial charge < -0.3 is 4.42 Å². The Hall–Kier alpha value is -4.44. The van der Waals surface area contributed by atoms with Gasteiger partial charge in [-0.15, -0.1) is 0 Å². The van der Waals surface area contributed by atoms with Crippen molar-refractivity contribution in [2.24, 2.45) is 0 Å². The molecular weight excluding hydrogens is 432 g/mol. The van der Waals surface area contributed by atoms with Gasteiger partial charge in [0, 0.05) is 23.4 Å². The lowest BCUT2D eigenvalue weighted by molar-refractivity contribution is -0.688. The van der Waals surface area contributed by atoms with E-state index in [-0.39, 0.29) is 18.4 Å². The largest absolute Gasteiger partial charge is 0.456 e. The number of carbonyl (C=O) groups excluding carboxylic acids is 1. The molecule has 6 rings (SSSR count). The van der Waals surface area contributed by atoms with Crippen LogP contribution in [0.25, 0.3) is 21.7 Å². The van der Waals surface area contributed by atoms with E-state index in [4.69, 9.17) is 4.42 Å². The highest BCUT2D eigenvalue weighted by Crippen LogP contribution is 2.32. The second-order valence-electron chi connectivity index (χ2n) is 8.87. The van der Waals surface area contributed by atoms with Gasteiger partial charge in [-0.2, -0.15) is 0 Å². The molecule has 4 nitrogen and oxygen atoms in total. The first-order valence-corrected chi connectivity index (χ1v) is 11.8. The van der Waals surface area contributed by atoms with Gasteiger partial charge in [-0.25, -0.2) is 9.13 Å². The van der Waals surface area contributed by atoms with Crippen LogP contribution in [0.15, 0.2) is 120 Å². The Morgan fingerprint density at radius 2 is 1.54 bits per heavy atom. The lowest BCUT2D eigenvalue weighted by Crippen LogP contribution is -2.40. The van der Waals surface area contributed by atoms with Gasteiger partial charge >= 0.3 is 0 Å². The molecule has 0 saturated carbocycles. The van der Waals surface area contributed by atoms with Crippen molar-refractivity contribution in [2.75, 3.05) is 0 Å². The van der Waals surface area contributed by atoms with Crippen LogP contribution in [0.1, 0.15) is 33.5 Å². The van der Waals surface area contributed by atoms with E-state index in [9.17, 15) is 4.79 Å². The van der Waals surface area contributed by atoms with Gasteiger partial charge in [0.05, 0.1) is 0 Å². The molecule has 0 aliphatic carbocycles. The summed E-state index contributed by atoms with van der Waals surface area (Å²) in [6.45, 7) is 2.32. The van der Waals surface area contributed by atoms with E-state index in [0.29, 0.717) is 0 Å². The van der Waals surface area contributed by atoms with Crippen LogP contribution in [0.5, 0.6) is 0 Å². The third kappa shape index (κ3) is 3.93. The molecule has 2 aromatic heterocycles. The van der Waals surface area contributed by atoms with Gasteiger partial charge in [0.1, 0.15) is 18.0 Å². The van der Waals surface area contributed by atoms with E-state index >= 15 is 0 Å². The van der Waals surface area contributed by atoms with Crippen LogP contribution >= 0.6 is 0 Å². The number of hydrogen-bond acceptors (Lipinski definition) is 2. The molecule has 4 heteroatoms. The lowest BCUT2D eigenvalue weighted by atomic mass is 10.0. The van der Waals surface area contributed by atoms with Crippen molar-refractivity contribution >= 4 is 27.5 Å². The molecule has 0 amide bonds. The van der Waals surface area contributed by atoms with Crippen LogP contribution in [0.3, 0.4) is 0 Å². The van der Waals surface area contributed by atoms with Crippen LogP contribution in [-0.4, -0.2) is 10.4 Å². The second-order valence-corrected chi connectivity index (χ2v) is 8.87. The predicted molar refractivity (Wildman–Crippen MR) is 138 cm³/mol. The summed E-state index contributed by atoms with van der Waals surface area (Å²) in [5.74, 6) is 1.93. The van der Waals surface area contributed by atoms with Crippen LogP contribution in [0.2, 0.25) is 0 Å². The molecule has 0 N–H and O–H groups in total. The van der Waals surface area contributed by atoms with E-state index in [1.54, 1.807) is 0 Å². The van der Waals surface area contributed by atoms with Gasteiger partial charge in [0.2, 0.25) is 5.78 Å². The molecule has 4 aromatic carbocycles. The van der Waals surface area contributed by atoms with Crippen LogP contribution in [0, 0.1) is 6.92 Å². The summed E-state index contributed by atoms with van der Waals surface area (Å²) in [4.78, 5) is 13.2. The minimum absolute atomic E-state index is 0.0848. The summed E-state index contributed by atoms with van der Waals surface area (Å²) in [5.41, 5.74) is 2.71. The van der Waals surface area contributed by atoms with Crippen molar-refractivity contribution in [1.82, 2.24) is 4.57 Å². The molecule has 0 fully saturated rings. The topological polar surface area (TPSA) is 39.0 Å². The zero-order valence-electron chi connectivity index (χ0n) is 19.5. The fraction of sp³-hybridized carbons (Fsp3) is 0.0968. The smallest absolute Gasteiger partial charge is 0.254 e. The molecule has 35 heavy (non-hydrogen) atoms. The standard InChI is InChI=1S/C31H25N2O2/c1-22-32(21-28(34)26-16-15-23-9-5-6-12-25(23)19-26)17-18-33(22)31(24-10-3-2-4-11-24)30-20-27-13-7-8-14-29(27)35-30/h2-20,31H,21H2,1H3/q+1. The number of imidazole rings is 1. The highest BCUT2D eigenvalue weighted by Gasteiger charge is 2.29. The van der Waals surface area contributed by atoms with E-state index in [2.05, 4.69) is 34.9 Å². The fourth-order valence-corrected chi connectivity index (χ4v) is 4.80. The molecule has 2 heterocycles. The number of fused-ring (bicyclic) bond motifs is 2. The Balaban J connectivity index is 1.36. The Morgan fingerprint density at radius 1 is 0.829 bits per heavy atom. The number of nitrogens with zero attached hydrogens (tertiary/aromatic N) is 2. The van der Waals surface area contributed by atoms with Crippen LogP contribution in [0.4, 0.5) is 0 Å². The molecule has 0 spiro atoms. The molecular formula is C31H25N2O2+. The zero-order valence-corrected chi connectivity index (χ0v) is 19.5. The molecule has 0 saturated heterocycles. The minimum Gasteiger partial charge on any atom is -0.456 e. The number of Topliss-reactive ketones (excluding diaryl/α,β-unsaturated/α-hetero) is 1. The highest BCUT2D eigenvalue weighted by molar-refractivity contribution is 5.99. The summed E-state index contributed by atoms with van der Waals surface area (Å²) < 4.78 is 10.5. The van der Waals surface area contributed by atoms with Crippen LogP contribution < -0.4 is 4.57 Å². The van der Waals surface area contributed by atoms with Gasteiger partial charge in [-0.1, -0.05) is 84.9 Å². The SMILES string of the molecule is Cc1n(C(c2ccccc2)c2cc3ccccc3o2)cc[n+]1CC(=O)c1ccc2ccccc2c1. The summed E-state index contributed by atoms with van der Waals surface area (Å²) >= 11 is 0. The Labute approximate surface area is 203 Å². The van der Waals surface area contributed by atoms with Crippen molar-refractivity contribution in [3.8, 4) is 0 Å². The number of carbonyl (C=O) groups is 1. The zero-order chi connectivity index (χ0) is 23.8. The average molecular weight is 458 g/mol. The molecule has 1 unspecified atom stereocenters. The van der Waals surface area contributed by atoms with Gasteiger partial charge in [0.15, 0.2) is 18.3 Å². The maximum atomic E-state index is 13.2. The molecule has 6 aromatic rings. The molecule has 1 atom stereocenters. The molecule has 0 bridgehead atoms. The fourth-order valence-electron chi connectivity index (χ4n) is 4.80. The number of hydrogen-bond donors (Lipinski definition) is 0. The average Bonchev–Trinajstić information content (AvgIpc) is 3.48. The second kappa shape index (κ2) is 8.73. The Bertz CT molecular complexity index is 1630. The van der Waals surface area contributed by atoms with Gasteiger partial charge in [0.25, 0.3) is 5.82 Å². The monoisotopic (exact) mass is 457 g/mol. The van der Waals surface area contributed by atoms with Crippen molar-refractivity contribution in [3.63, 3.8) is 0 Å². The number of furan rings is 1. The van der Waals surface area contributed by atoms with E-state index in [1.807, 2.05) is 96.7 Å². The van der Waals surface area contributed by atoms with Crippen molar-refractivity contribution in [2.45, 2.75) is 19.5 Å². The third-order valence-electron chi connectivity index (χ3n) is 6.69. The highest BCUT2D eigenvalue weighted by atomic mass is 16.3. The maximum absolute atomic E-state index is 13.2. The summed E-state index contributed by atoms with van der Waals surface area (Å²) in [7, 11) is 0. The van der Waals surface area contributed by atoms with Crippen molar-refractivity contribution < 1.29 is 13.8 Å². The summed E-state index contributed by atoms with van der Waals surface area (Å²) in [6, 6.07) is 34.4. The number of ketones is 1. The summed E-state index contributed by atoms with van der Waals surface area (Å²) in [6.07, 6.45) is 4.01. The normalized spacial score (nSPS) is 12.3. The molecule has 170 valence electrons. The number of aromatic nitrogens is 2. The Morgan fingerprint density at radius 3 is 2.34 bits per heavy atom. The van der Waals surface area contributed by atoms with E-state index in [1.165, 1.54) is 0 Å². The third-order valence-corrected chi connectivity index (χ3v) is 6.69. The first-order valence-electron chi connectivity index (χ1n) is 11.8. The predicted octanol–water partition coefficient (Wildman–Crippen LogP) is 6.50. The first-order chi connectivity index (χ1) is 17.2. The maximum Gasteiger partial charge on any atom is 0.254 e. The minimum atomic E-state index is -0.138. The van der Waals surface area contributed by atoms with Gasteiger partial charge in [-0.05, 0) is 29.0 Å². The van der Waals surface area contributed by atoms with Crippen molar-refractivity contribution in [1.29, 1.82) is 0 Å². The Kier molecular flexibility index (Phi) is 5.27. The van der Waals surface area contributed by atoms with E-state index in [0.717, 1.165) is 44.5 Å². The number of rotatable bonds is 6.